The molecule has 1 aliphatic rings. The first kappa shape index (κ1) is 28.9. The molecule has 0 unspecified atom stereocenters. The van der Waals surface area contributed by atoms with Crippen molar-refractivity contribution >= 4 is 17.9 Å². The molecule has 1 fully saturated rings. The SMILES string of the molecule is C=CC(=O)OCOc1ccc(C(=O)Oc2ccc(OC(=O)C3CCC(OCCCCCC)CC3)cc2)cc1. The maximum absolute atomic E-state index is 12.6. The molecular weight excluding hydrogens is 488 g/mol. The van der Waals surface area contributed by atoms with Crippen molar-refractivity contribution in [2.45, 2.75) is 64.4 Å². The number of carbonyl (C=O) groups excluding carboxylic acids is 3. The molecule has 2 aromatic carbocycles. The molecule has 0 aliphatic heterocycles. The van der Waals surface area contributed by atoms with E-state index >= 15 is 0 Å². The van der Waals surface area contributed by atoms with E-state index in [9.17, 15) is 14.4 Å². The standard InChI is InChI=1S/C30H36O8/c1-3-5-6-7-20-34-24-12-8-22(9-13-24)29(32)37-26-16-18-27(19-17-26)38-30(33)23-10-14-25(15-11-23)35-21-36-28(31)4-2/h4,10-11,14-19,22,24H,2-3,5-9,12-13,20-21H2,1H3. The first-order valence-electron chi connectivity index (χ1n) is 13.2. The monoisotopic (exact) mass is 524 g/mol. The van der Waals surface area contributed by atoms with Crippen molar-refractivity contribution in [3.8, 4) is 17.2 Å². The zero-order valence-corrected chi connectivity index (χ0v) is 21.9. The Morgan fingerprint density at radius 2 is 1.47 bits per heavy atom. The zero-order valence-electron chi connectivity index (χ0n) is 21.9. The molecule has 0 bridgehead atoms. The van der Waals surface area contributed by atoms with Crippen molar-refractivity contribution in [3.05, 3.63) is 66.7 Å². The molecule has 0 N–H and O–H groups in total. The second-order valence-electron chi connectivity index (χ2n) is 9.14. The lowest BCUT2D eigenvalue weighted by atomic mass is 9.87. The lowest BCUT2D eigenvalue weighted by Gasteiger charge is -2.27. The molecule has 0 saturated heterocycles. The summed E-state index contributed by atoms with van der Waals surface area (Å²) in [7, 11) is 0. The van der Waals surface area contributed by atoms with Gasteiger partial charge in [0.2, 0.25) is 6.79 Å². The van der Waals surface area contributed by atoms with Crippen LogP contribution in [0.4, 0.5) is 0 Å². The summed E-state index contributed by atoms with van der Waals surface area (Å²) in [5, 5.41) is 0. The van der Waals surface area contributed by atoms with Gasteiger partial charge < -0.3 is 23.7 Å². The van der Waals surface area contributed by atoms with Gasteiger partial charge in [-0.05, 0) is 80.6 Å². The second-order valence-corrected chi connectivity index (χ2v) is 9.14. The summed E-state index contributed by atoms with van der Waals surface area (Å²) in [6.45, 7) is 6.02. The predicted molar refractivity (Wildman–Crippen MR) is 141 cm³/mol. The Labute approximate surface area is 223 Å². The van der Waals surface area contributed by atoms with E-state index in [-0.39, 0.29) is 24.8 Å². The molecule has 2 aromatic rings. The van der Waals surface area contributed by atoms with E-state index in [0.717, 1.165) is 44.8 Å². The van der Waals surface area contributed by atoms with Crippen molar-refractivity contribution < 1.29 is 38.1 Å². The maximum atomic E-state index is 12.6. The predicted octanol–water partition coefficient (Wildman–Crippen LogP) is 6.03. The quantitative estimate of drug-likeness (QED) is 0.0971. The number of ether oxygens (including phenoxy) is 5. The normalized spacial score (nSPS) is 16.8. The third-order valence-corrected chi connectivity index (χ3v) is 6.30. The first-order valence-corrected chi connectivity index (χ1v) is 13.2. The molecule has 204 valence electrons. The minimum absolute atomic E-state index is 0.131. The topological polar surface area (TPSA) is 97.4 Å². The van der Waals surface area contributed by atoms with E-state index in [1.54, 1.807) is 36.4 Å². The van der Waals surface area contributed by atoms with Gasteiger partial charge in [0.15, 0.2) is 0 Å². The van der Waals surface area contributed by atoms with Crippen molar-refractivity contribution in [1.82, 2.24) is 0 Å². The van der Waals surface area contributed by atoms with Crippen LogP contribution in [0, 0.1) is 5.92 Å². The van der Waals surface area contributed by atoms with Crippen molar-refractivity contribution in [3.63, 3.8) is 0 Å². The van der Waals surface area contributed by atoms with Crippen molar-refractivity contribution in [2.24, 2.45) is 5.92 Å². The number of benzene rings is 2. The van der Waals surface area contributed by atoms with Crippen LogP contribution in [0.3, 0.4) is 0 Å². The fourth-order valence-electron chi connectivity index (χ4n) is 4.09. The minimum Gasteiger partial charge on any atom is -0.457 e. The molecule has 1 aliphatic carbocycles. The summed E-state index contributed by atoms with van der Waals surface area (Å²) in [5.41, 5.74) is 0.316. The fourth-order valence-corrected chi connectivity index (χ4v) is 4.09. The molecule has 8 heteroatoms. The van der Waals surface area contributed by atoms with E-state index in [2.05, 4.69) is 13.5 Å². The highest BCUT2D eigenvalue weighted by Crippen LogP contribution is 2.28. The Hall–Kier alpha value is -3.65. The summed E-state index contributed by atoms with van der Waals surface area (Å²) in [5.74, 6) is -0.360. The molecule has 1 saturated carbocycles. The molecule has 0 aromatic heterocycles. The molecule has 0 amide bonds. The molecule has 0 atom stereocenters. The van der Waals surface area contributed by atoms with Crippen molar-refractivity contribution in [2.75, 3.05) is 13.4 Å². The number of carbonyl (C=O) groups is 3. The van der Waals surface area contributed by atoms with Gasteiger partial charge in [0, 0.05) is 12.7 Å². The minimum atomic E-state index is -0.591. The van der Waals surface area contributed by atoms with Gasteiger partial charge in [-0.3, -0.25) is 4.79 Å². The molecule has 0 radical (unpaired) electrons. The Morgan fingerprint density at radius 1 is 0.842 bits per heavy atom. The van der Waals surface area contributed by atoms with Crippen LogP contribution in [-0.4, -0.2) is 37.4 Å². The lowest BCUT2D eigenvalue weighted by molar-refractivity contribution is -0.144. The van der Waals surface area contributed by atoms with Gasteiger partial charge in [-0.1, -0.05) is 32.8 Å². The average Bonchev–Trinajstić information content (AvgIpc) is 2.94. The number of esters is 3. The Morgan fingerprint density at radius 3 is 2.11 bits per heavy atom. The molecule has 0 spiro atoms. The van der Waals surface area contributed by atoms with Crippen LogP contribution >= 0.6 is 0 Å². The van der Waals surface area contributed by atoms with E-state index in [1.165, 1.54) is 31.4 Å². The van der Waals surface area contributed by atoms with Crippen LogP contribution < -0.4 is 14.2 Å². The maximum Gasteiger partial charge on any atom is 0.343 e. The molecule has 8 nitrogen and oxygen atoms in total. The third kappa shape index (κ3) is 9.67. The van der Waals surface area contributed by atoms with Gasteiger partial charge >= 0.3 is 17.9 Å². The van der Waals surface area contributed by atoms with Crippen molar-refractivity contribution in [1.29, 1.82) is 0 Å². The van der Waals surface area contributed by atoms with Gasteiger partial charge in [-0.2, -0.15) is 0 Å². The lowest BCUT2D eigenvalue weighted by Crippen LogP contribution is -2.29. The summed E-state index contributed by atoms with van der Waals surface area (Å²) >= 11 is 0. The van der Waals surface area contributed by atoms with E-state index in [0.29, 0.717) is 22.8 Å². The van der Waals surface area contributed by atoms with Gasteiger partial charge in [0.25, 0.3) is 0 Å². The second kappa shape index (κ2) is 15.6. The Bertz CT molecular complexity index is 1040. The number of unbranched alkanes of at least 4 members (excludes halogenated alkanes) is 3. The van der Waals surface area contributed by atoms with Gasteiger partial charge in [-0.15, -0.1) is 0 Å². The Balaban J connectivity index is 1.39. The van der Waals surface area contributed by atoms with Crippen LogP contribution in [0.15, 0.2) is 61.2 Å². The first-order chi connectivity index (χ1) is 18.5. The highest BCUT2D eigenvalue weighted by Gasteiger charge is 2.28. The average molecular weight is 525 g/mol. The van der Waals surface area contributed by atoms with Gasteiger partial charge in [0.1, 0.15) is 17.2 Å². The fraction of sp³-hybridized carbons (Fsp3) is 0.433. The van der Waals surface area contributed by atoms with E-state index in [1.807, 2.05) is 0 Å². The van der Waals surface area contributed by atoms with Crippen LogP contribution in [-0.2, 0) is 19.1 Å². The van der Waals surface area contributed by atoms with Crippen LogP contribution in [0.25, 0.3) is 0 Å². The summed E-state index contributed by atoms with van der Waals surface area (Å²) in [4.78, 5) is 36.1. The summed E-state index contributed by atoms with van der Waals surface area (Å²) in [6, 6.07) is 12.6. The molecular formula is C30H36O8. The van der Waals surface area contributed by atoms with Gasteiger partial charge in [0.05, 0.1) is 17.6 Å². The zero-order chi connectivity index (χ0) is 27.2. The third-order valence-electron chi connectivity index (χ3n) is 6.30. The molecule has 38 heavy (non-hydrogen) atoms. The summed E-state index contributed by atoms with van der Waals surface area (Å²) < 4.78 is 26.9. The smallest absolute Gasteiger partial charge is 0.343 e. The van der Waals surface area contributed by atoms with E-state index in [4.69, 9.17) is 23.7 Å². The van der Waals surface area contributed by atoms with Crippen LogP contribution in [0.1, 0.15) is 68.6 Å². The largest absolute Gasteiger partial charge is 0.457 e. The molecule has 0 heterocycles. The highest BCUT2D eigenvalue weighted by atomic mass is 16.7. The Kier molecular flexibility index (Phi) is 11.8. The van der Waals surface area contributed by atoms with Gasteiger partial charge in [-0.25, -0.2) is 9.59 Å². The number of hydrogen-bond acceptors (Lipinski definition) is 8. The van der Waals surface area contributed by atoms with Crippen LogP contribution in [0.2, 0.25) is 0 Å². The summed E-state index contributed by atoms with van der Waals surface area (Å²) in [6.07, 6.45) is 9.31. The molecule has 3 rings (SSSR count). The van der Waals surface area contributed by atoms with E-state index < -0.39 is 11.9 Å². The number of rotatable bonds is 14. The number of hydrogen-bond donors (Lipinski definition) is 0. The highest BCUT2D eigenvalue weighted by molar-refractivity contribution is 5.91. The van der Waals surface area contributed by atoms with Crippen LogP contribution in [0.5, 0.6) is 17.2 Å².